The van der Waals surface area contributed by atoms with Crippen molar-refractivity contribution >= 4 is 17.6 Å². The Labute approximate surface area is 102 Å². The Morgan fingerprint density at radius 2 is 1.89 bits per heavy atom. The number of nitrogens with zero attached hydrogens (tertiary/aromatic N) is 1. The SMILES string of the molecule is NC(=O)NC(=O)CNCc1ccc([N+](=O)[O-])cc1. The second kappa shape index (κ2) is 6.30. The van der Waals surface area contributed by atoms with E-state index < -0.39 is 16.9 Å². The maximum Gasteiger partial charge on any atom is 0.318 e. The summed E-state index contributed by atoms with van der Waals surface area (Å²) in [5.74, 6) is -0.538. The highest BCUT2D eigenvalue weighted by atomic mass is 16.6. The molecule has 3 amide bonds. The van der Waals surface area contributed by atoms with E-state index in [1.54, 1.807) is 12.1 Å². The third kappa shape index (κ3) is 4.58. The first kappa shape index (κ1) is 13.6. The molecule has 0 radical (unpaired) electrons. The molecule has 0 spiro atoms. The fourth-order valence-corrected chi connectivity index (χ4v) is 1.24. The lowest BCUT2D eigenvalue weighted by Gasteiger charge is -2.04. The molecule has 0 saturated carbocycles. The maximum atomic E-state index is 11.0. The van der Waals surface area contributed by atoms with Crippen molar-refractivity contribution in [2.75, 3.05) is 6.54 Å². The third-order valence-corrected chi connectivity index (χ3v) is 2.02. The summed E-state index contributed by atoms with van der Waals surface area (Å²) in [6.07, 6.45) is 0. The molecule has 0 aliphatic carbocycles. The van der Waals surface area contributed by atoms with Crippen LogP contribution in [-0.4, -0.2) is 23.4 Å². The number of nitro benzene ring substituents is 1. The number of rotatable bonds is 5. The number of amides is 3. The summed E-state index contributed by atoms with van der Waals surface area (Å²) in [5.41, 5.74) is 5.55. The molecular formula is C10H12N4O4. The summed E-state index contributed by atoms with van der Waals surface area (Å²) in [6, 6.07) is 5.01. The van der Waals surface area contributed by atoms with Gasteiger partial charge < -0.3 is 11.1 Å². The van der Waals surface area contributed by atoms with Gasteiger partial charge in [-0.2, -0.15) is 0 Å². The molecule has 0 aromatic heterocycles. The van der Waals surface area contributed by atoms with Crippen molar-refractivity contribution in [1.82, 2.24) is 10.6 Å². The van der Waals surface area contributed by atoms with Crippen molar-refractivity contribution in [3.63, 3.8) is 0 Å². The first-order valence-corrected chi connectivity index (χ1v) is 5.02. The molecule has 0 aliphatic heterocycles. The van der Waals surface area contributed by atoms with Gasteiger partial charge in [-0.3, -0.25) is 20.2 Å². The van der Waals surface area contributed by atoms with Crippen LogP contribution in [0.1, 0.15) is 5.56 Å². The number of hydrogen-bond donors (Lipinski definition) is 3. The topological polar surface area (TPSA) is 127 Å². The van der Waals surface area contributed by atoms with Gasteiger partial charge in [0.25, 0.3) is 5.69 Å². The van der Waals surface area contributed by atoms with Gasteiger partial charge in [-0.25, -0.2) is 4.79 Å². The number of carbonyl (C=O) groups excluding carboxylic acids is 2. The molecule has 0 unspecified atom stereocenters. The lowest BCUT2D eigenvalue weighted by molar-refractivity contribution is -0.384. The molecule has 0 heterocycles. The predicted octanol–water partition coefficient (Wildman–Crippen LogP) is -0.121. The minimum Gasteiger partial charge on any atom is -0.351 e. The molecule has 0 aliphatic rings. The summed E-state index contributed by atoms with van der Waals surface area (Å²) < 4.78 is 0. The van der Waals surface area contributed by atoms with E-state index in [2.05, 4.69) is 5.32 Å². The van der Waals surface area contributed by atoms with E-state index >= 15 is 0 Å². The zero-order valence-corrected chi connectivity index (χ0v) is 9.38. The highest BCUT2D eigenvalue weighted by molar-refractivity contribution is 5.94. The molecule has 1 aromatic carbocycles. The van der Waals surface area contributed by atoms with Crippen LogP contribution in [-0.2, 0) is 11.3 Å². The van der Waals surface area contributed by atoms with Crippen molar-refractivity contribution < 1.29 is 14.5 Å². The van der Waals surface area contributed by atoms with Gasteiger partial charge in [0.1, 0.15) is 0 Å². The number of nitro groups is 1. The number of nitrogens with two attached hydrogens (primary N) is 1. The van der Waals surface area contributed by atoms with Gasteiger partial charge in [0.2, 0.25) is 5.91 Å². The van der Waals surface area contributed by atoms with Gasteiger partial charge >= 0.3 is 6.03 Å². The van der Waals surface area contributed by atoms with Crippen LogP contribution in [0.4, 0.5) is 10.5 Å². The van der Waals surface area contributed by atoms with Crippen LogP contribution in [0.15, 0.2) is 24.3 Å². The fourth-order valence-electron chi connectivity index (χ4n) is 1.24. The molecule has 18 heavy (non-hydrogen) atoms. The number of non-ortho nitro benzene ring substituents is 1. The number of benzene rings is 1. The molecular weight excluding hydrogens is 240 g/mol. The number of hydrogen-bond acceptors (Lipinski definition) is 5. The molecule has 96 valence electrons. The Morgan fingerprint density at radius 3 is 2.39 bits per heavy atom. The lowest BCUT2D eigenvalue weighted by atomic mass is 10.2. The van der Waals surface area contributed by atoms with E-state index in [1.165, 1.54) is 12.1 Å². The predicted molar refractivity (Wildman–Crippen MR) is 62.5 cm³/mol. The zero-order chi connectivity index (χ0) is 13.5. The van der Waals surface area contributed by atoms with Crippen molar-refractivity contribution in [2.45, 2.75) is 6.54 Å². The molecule has 1 rings (SSSR count). The van der Waals surface area contributed by atoms with Crippen LogP contribution in [0.25, 0.3) is 0 Å². The largest absolute Gasteiger partial charge is 0.351 e. The van der Waals surface area contributed by atoms with Crippen LogP contribution < -0.4 is 16.4 Å². The number of imide groups is 1. The Bertz CT molecular complexity index is 457. The second-order valence-electron chi connectivity index (χ2n) is 3.44. The number of primary amides is 1. The van der Waals surface area contributed by atoms with Gasteiger partial charge in [0.05, 0.1) is 11.5 Å². The van der Waals surface area contributed by atoms with Crippen molar-refractivity contribution in [2.24, 2.45) is 5.73 Å². The minimum absolute atomic E-state index is 0.00483. The van der Waals surface area contributed by atoms with Gasteiger partial charge in [0, 0.05) is 18.7 Å². The highest BCUT2D eigenvalue weighted by Gasteiger charge is 2.05. The van der Waals surface area contributed by atoms with Crippen molar-refractivity contribution in [1.29, 1.82) is 0 Å². The van der Waals surface area contributed by atoms with E-state index in [0.717, 1.165) is 5.56 Å². The molecule has 4 N–H and O–H groups in total. The normalized spacial score (nSPS) is 9.78. The summed E-state index contributed by atoms with van der Waals surface area (Å²) in [5, 5.41) is 15.1. The zero-order valence-electron chi connectivity index (χ0n) is 9.38. The van der Waals surface area contributed by atoms with Crippen LogP contribution in [0.5, 0.6) is 0 Å². The highest BCUT2D eigenvalue weighted by Crippen LogP contribution is 2.11. The Balaban J connectivity index is 2.38. The van der Waals surface area contributed by atoms with Gasteiger partial charge in [-0.15, -0.1) is 0 Å². The summed E-state index contributed by atoms with van der Waals surface area (Å²) in [4.78, 5) is 31.3. The fraction of sp³-hybridized carbons (Fsp3) is 0.200. The molecule has 0 bridgehead atoms. The van der Waals surface area contributed by atoms with Crippen LogP contribution in [0.3, 0.4) is 0 Å². The summed E-state index contributed by atoms with van der Waals surface area (Å²) in [6.45, 7) is 0.282. The average molecular weight is 252 g/mol. The van der Waals surface area contributed by atoms with Crippen LogP contribution in [0, 0.1) is 10.1 Å². The summed E-state index contributed by atoms with van der Waals surface area (Å²) in [7, 11) is 0. The average Bonchev–Trinajstić information content (AvgIpc) is 2.28. The standard InChI is InChI=1S/C10H12N4O4/c11-10(16)13-9(15)6-12-5-7-1-3-8(4-2-7)14(17)18/h1-4,12H,5-6H2,(H3,11,13,15,16). The van der Waals surface area contributed by atoms with Gasteiger partial charge in [-0.05, 0) is 5.56 Å². The third-order valence-electron chi connectivity index (χ3n) is 2.02. The first-order chi connectivity index (χ1) is 8.49. The smallest absolute Gasteiger partial charge is 0.318 e. The van der Waals surface area contributed by atoms with E-state index in [0.29, 0.717) is 6.54 Å². The quantitative estimate of drug-likeness (QED) is 0.497. The monoisotopic (exact) mass is 252 g/mol. The van der Waals surface area contributed by atoms with Crippen molar-refractivity contribution in [3.8, 4) is 0 Å². The second-order valence-corrected chi connectivity index (χ2v) is 3.44. The van der Waals surface area contributed by atoms with E-state index in [-0.39, 0.29) is 12.2 Å². The molecule has 1 aromatic rings. The van der Waals surface area contributed by atoms with Crippen LogP contribution >= 0.6 is 0 Å². The van der Waals surface area contributed by atoms with Crippen molar-refractivity contribution in [3.05, 3.63) is 39.9 Å². The number of nitrogens with one attached hydrogen (secondary N) is 2. The molecule has 0 atom stereocenters. The van der Waals surface area contributed by atoms with Gasteiger partial charge in [0.15, 0.2) is 0 Å². The maximum absolute atomic E-state index is 11.0. The molecule has 0 fully saturated rings. The Kier molecular flexibility index (Phi) is 4.76. The van der Waals surface area contributed by atoms with E-state index in [1.807, 2.05) is 5.32 Å². The van der Waals surface area contributed by atoms with E-state index in [4.69, 9.17) is 5.73 Å². The molecule has 8 heteroatoms. The Morgan fingerprint density at radius 1 is 1.28 bits per heavy atom. The minimum atomic E-state index is -0.905. The number of carbonyl (C=O) groups is 2. The molecule has 8 nitrogen and oxygen atoms in total. The lowest BCUT2D eigenvalue weighted by Crippen LogP contribution is -2.40. The number of urea groups is 1. The van der Waals surface area contributed by atoms with E-state index in [9.17, 15) is 19.7 Å². The van der Waals surface area contributed by atoms with Gasteiger partial charge in [-0.1, -0.05) is 12.1 Å². The summed E-state index contributed by atoms with van der Waals surface area (Å²) >= 11 is 0. The first-order valence-electron chi connectivity index (χ1n) is 5.02. The van der Waals surface area contributed by atoms with Crippen LogP contribution in [0.2, 0.25) is 0 Å². The Hall–Kier alpha value is -2.48. The molecule has 0 saturated heterocycles.